The minimum atomic E-state index is -1.44. The lowest BCUT2D eigenvalue weighted by atomic mass is 10.0. The number of carbonyl (C=O) groups is 4. The van der Waals surface area contributed by atoms with E-state index in [9.17, 15) is 24.3 Å². The summed E-state index contributed by atoms with van der Waals surface area (Å²) in [5, 5.41) is 17.0. The van der Waals surface area contributed by atoms with Crippen molar-refractivity contribution in [3.05, 3.63) is 71.5 Å². The number of halogens is 1. The summed E-state index contributed by atoms with van der Waals surface area (Å²) >= 11 is 6.58. The van der Waals surface area contributed by atoms with Gasteiger partial charge in [0.05, 0.1) is 23.7 Å². The molecule has 13 nitrogen and oxygen atoms in total. The lowest BCUT2D eigenvalue weighted by Crippen LogP contribution is -2.53. The lowest BCUT2D eigenvalue weighted by Gasteiger charge is -2.27. The number of fused-ring (bicyclic) bond motifs is 3. The molecule has 3 aromatic rings. The molecule has 0 radical (unpaired) electrons. The first kappa shape index (κ1) is 37.4. The van der Waals surface area contributed by atoms with Crippen LogP contribution in [0.25, 0.3) is 10.9 Å². The molecule has 2 aromatic heterocycles. The molecular formula is C40H46ClN5O8. The van der Waals surface area contributed by atoms with Crippen molar-refractivity contribution in [2.75, 3.05) is 13.2 Å². The van der Waals surface area contributed by atoms with Crippen LogP contribution in [0.4, 0.5) is 4.79 Å². The van der Waals surface area contributed by atoms with Crippen molar-refractivity contribution < 1.29 is 38.5 Å². The van der Waals surface area contributed by atoms with Crippen molar-refractivity contribution >= 4 is 46.4 Å². The fraction of sp³-hybridized carbons (Fsp3) is 0.500. The van der Waals surface area contributed by atoms with Crippen LogP contribution < -0.4 is 20.1 Å². The molecule has 0 spiro atoms. The van der Waals surface area contributed by atoms with Crippen LogP contribution in [-0.2, 0) is 25.5 Å². The van der Waals surface area contributed by atoms with Crippen molar-refractivity contribution in [3.8, 4) is 11.6 Å². The predicted octanol–water partition coefficient (Wildman–Crippen LogP) is 5.77. The van der Waals surface area contributed by atoms with E-state index in [0.717, 1.165) is 44.2 Å². The molecular weight excluding hydrogens is 714 g/mol. The monoisotopic (exact) mass is 759 g/mol. The summed E-state index contributed by atoms with van der Waals surface area (Å²) in [6.07, 6.45) is 11.6. The van der Waals surface area contributed by atoms with Crippen LogP contribution in [-0.4, -0.2) is 86.8 Å². The number of rotatable bonds is 9. The Balaban J connectivity index is 1.13. The van der Waals surface area contributed by atoms with E-state index < -0.39 is 41.7 Å². The molecule has 3 amide bonds. The molecule has 4 aliphatic rings. The Kier molecular flexibility index (Phi) is 11.5. The Morgan fingerprint density at radius 3 is 2.69 bits per heavy atom. The van der Waals surface area contributed by atoms with Gasteiger partial charge in [0.2, 0.25) is 17.7 Å². The molecule has 14 heteroatoms. The number of carbonyl (C=O) groups excluding carboxylic acids is 3. The van der Waals surface area contributed by atoms with Crippen molar-refractivity contribution in [2.45, 2.75) is 107 Å². The number of carboxylic acids is 1. The number of ether oxygens (including phenoxy) is 3. The molecule has 7 rings (SSSR count). The van der Waals surface area contributed by atoms with Crippen molar-refractivity contribution in [2.24, 2.45) is 5.92 Å². The smallest absolute Gasteiger partial charge is 0.407 e. The minimum Gasteiger partial charge on any atom is -0.488 e. The summed E-state index contributed by atoms with van der Waals surface area (Å²) in [6.45, 7) is 0.359. The Bertz CT molecular complexity index is 1890. The third kappa shape index (κ3) is 8.72. The number of aliphatic carboxylic acids is 1. The van der Waals surface area contributed by atoms with Crippen molar-refractivity contribution in [1.82, 2.24) is 25.5 Å². The first-order chi connectivity index (χ1) is 26.2. The average Bonchev–Trinajstić information content (AvgIpc) is 3.42. The Labute approximate surface area is 318 Å². The molecule has 4 heterocycles. The molecule has 2 aliphatic carbocycles. The summed E-state index contributed by atoms with van der Waals surface area (Å²) in [7, 11) is 0. The number of aromatic nitrogens is 2. The van der Waals surface area contributed by atoms with Crippen LogP contribution in [0.3, 0.4) is 0 Å². The molecule has 0 bridgehead atoms. The van der Waals surface area contributed by atoms with Crippen LogP contribution in [0.5, 0.6) is 11.6 Å². The summed E-state index contributed by atoms with van der Waals surface area (Å²) in [4.78, 5) is 64.1. The highest BCUT2D eigenvalue weighted by Crippen LogP contribution is 2.45. The van der Waals surface area contributed by atoms with E-state index in [-0.39, 0.29) is 49.6 Å². The van der Waals surface area contributed by atoms with Crippen LogP contribution in [0.2, 0.25) is 5.02 Å². The van der Waals surface area contributed by atoms with E-state index in [4.69, 9.17) is 25.8 Å². The SMILES string of the molecule is O=C(N[C@H]1CCCC/C=C\[C@@H]2C[C@@]2(C(=O)O)NC(=O)[C@@H]2C[C@@H](Oc3cc(OCCc4ccccn4)nc4c(Cl)cccc34)CN2C(=O)C1)OC1CCCC1. The standard InChI is InChI=1S/C40H46ClN5O8/c41-31-16-9-15-30-33(22-34(44-36(30)31)52-19-17-26-11-7-8-18-42-26)53-29-21-32-37(48)45-40(38(49)50)23-25(40)10-3-1-2-4-12-27(20-35(47)46(32)24-29)43-39(51)54-28-13-5-6-14-28/h3,7-11,15-16,18,22,25,27-29,32H,1-2,4-6,12-14,17,19-21,23-24H2,(H,43,51)(H,45,48)(H,49,50)/b10-3-/t25-,27+,29-,32+,40-/m1/s1. The van der Waals surface area contributed by atoms with Gasteiger partial charge in [0.1, 0.15) is 29.5 Å². The molecule has 3 fully saturated rings. The van der Waals surface area contributed by atoms with Crippen LogP contribution >= 0.6 is 11.6 Å². The number of nitrogens with zero attached hydrogens (tertiary/aromatic N) is 3. The molecule has 0 unspecified atom stereocenters. The maximum Gasteiger partial charge on any atom is 0.407 e. The number of pyridine rings is 2. The van der Waals surface area contributed by atoms with E-state index in [1.807, 2.05) is 36.4 Å². The maximum atomic E-state index is 14.2. The second kappa shape index (κ2) is 16.6. The molecule has 3 N–H and O–H groups in total. The summed E-state index contributed by atoms with van der Waals surface area (Å²) in [6, 6.07) is 11.2. The third-order valence-corrected chi connectivity index (χ3v) is 11.2. The zero-order valence-electron chi connectivity index (χ0n) is 30.1. The number of hydrogen-bond donors (Lipinski definition) is 3. The number of benzene rings is 1. The highest BCUT2D eigenvalue weighted by atomic mass is 35.5. The highest BCUT2D eigenvalue weighted by Gasteiger charge is 2.61. The van der Waals surface area contributed by atoms with Crippen LogP contribution in [0.15, 0.2) is 60.8 Å². The normalized spacial score (nSPS) is 26.8. The zero-order valence-corrected chi connectivity index (χ0v) is 30.8. The number of nitrogens with one attached hydrogen (secondary N) is 2. The van der Waals surface area contributed by atoms with Gasteiger partial charge < -0.3 is 34.9 Å². The van der Waals surface area contributed by atoms with E-state index in [2.05, 4.69) is 20.6 Å². The number of carboxylic acid groups (broad SMARTS) is 1. The van der Waals surface area contributed by atoms with Gasteiger partial charge >= 0.3 is 12.1 Å². The summed E-state index contributed by atoms with van der Waals surface area (Å²) in [5.74, 6) is -1.67. The Morgan fingerprint density at radius 2 is 1.89 bits per heavy atom. The second-order valence-corrected chi connectivity index (χ2v) is 15.1. The first-order valence-electron chi connectivity index (χ1n) is 19.0. The van der Waals surface area contributed by atoms with Gasteiger partial charge in [0, 0.05) is 54.6 Å². The number of amides is 3. The zero-order chi connectivity index (χ0) is 37.7. The van der Waals surface area contributed by atoms with Gasteiger partial charge in [-0.25, -0.2) is 14.6 Å². The number of para-hydroxylation sites is 1. The molecule has 54 heavy (non-hydrogen) atoms. The lowest BCUT2D eigenvalue weighted by molar-refractivity contribution is -0.145. The van der Waals surface area contributed by atoms with Gasteiger partial charge in [0.25, 0.3) is 0 Å². The second-order valence-electron chi connectivity index (χ2n) is 14.7. The molecule has 286 valence electrons. The number of hydrogen-bond acceptors (Lipinski definition) is 9. The maximum absolute atomic E-state index is 14.2. The summed E-state index contributed by atoms with van der Waals surface area (Å²) < 4.78 is 18.3. The van der Waals surface area contributed by atoms with Gasteiger partial charge in [0.15, 0.2) is 0 Å². The average molecular weight is 760 g/mol. The molecule has 1 saturated heterocycles. The Hall–Kier alpha value is -4.91. The number of alkyl carbamates (subject to hydrolysis) is 1. The van der Waals surface area contributed by atoms with Crippen LogP contribution in [0.1, 0.15) is 76.3 Å². The van der Waals surface area contributed by atoms with Gasteiger partial charge in [-0.05, 0) is 75.6 Å². The van der Waals surface area contributed by atoms with E-state index in [1.54, 1.807) is 24.4 Å². The quantitative estimate of drug-likeness (QED) is 0.228. The van der Waals surface area contributed by atoms with Crippen molar-refractivity contribution in [1.29, 1.82) is 0 Å². The van der Waals surface area contributed by atoms with Crippen LogP contribution in [0, 0.1) is 5.92 Å². The minimum absolute atomic E-state index is 0.0547. The summed E-state index contributed by atoms with van der Waals surface area (Å²) in [5.41, 5.74) is -0.0955. The van der Waals surface area contributed by atoms with E-state index in [0.29, 0.717) is 47.5 Å². The molecule has 2 saturated carbocycles. The first-order valence-corrected chi connectivity index (χ1v) is 19.3. The van der Waals surface area contributed by atoms with Gasteiger partial charge in [-0.1, -0.05) is 42.3 Å². The predicted molar refractivity (Wildman–Crippen MR) is 199 cm³/mol. The van der Waals surface area contributed by atoms with E-state index >= 15 is 0 Å². The fourth-order valence-corrected chi connectivity index (χ4v) is 8.03. The third-order valence-electron chi connectivity index (χ3n) is 10.8. The van der Waals surface area contributed by atoms with Crippen molar-refractivity contribution in [3.63, 3.8) is 0 Å². The molecule has 2 aliphatic heterocycles. The van der Waals surface area contributed by atoms with Gasteiger partial charge in [-0.2, -0.15) is 0 Å². The topological polar surface area (TPSA) is 169 Å². The Morgan fingerprint density at radius 1 is 1.06 bits per heavy atom. The van der Waals surface area contributed by atoms with Gasteiger partial charge in [-0.3, -0.25) is 14.6 Å². The highest BCUT2D eigenvalue weighted by molar-refractivity contribution is 6.35. The largest absolute Gasteiger partial charge is 0.488 e. The molecule has 1 aromatic carbocycles. The van der Waals surface area contributed by atoms with Gasteiger partial charge in [-0.15, -0.1) is 0 Å². The van der Waals surface area contributed by atoms with E-state index in [1.165, 1.54) is 4.90 Å². The molecule has 5 atom stereocenters. The fourth-order valence-electron chi connectivity index (χ4n) is 7.82. The number of allylic oxidation sites excluding steroid dienone is 1.